The number of rotatable bonds is 15. The Balaban J connectivity index is 1.42. The second-order valence-corrected chi connectivity index (χ2v) is 11.8. The molecule has 2 aromatic rings. The maximum Gasteiger partial charge on any atom is 0.314 e. The van der Waals surface area contributed by atoms with E-state index >= 15 is 0 Å². The number of unbranched alkanes of at least 4 members (excludes halogenated alkanes) is 7. The van der Waals surface area contributed by atoms with Gasteiger partial charge in [-0.1, -0.05) is 96.0 Å². The van der Waals surface area contributed by atoms with Gasteiger partial charge in [0.1, 0.15) is 11.8 Å². The zero-order valence-electron chi connectivity index (χ0n) is 24.1. The number of benzene rings is 2. The number of esters is 1. The van der Waals surface area contributed by atoms with Crippen LogP contribution >= 0.6 is 0 Å². The third-order valence-electron chi connectivity index (χ3n) is 8.22. The average molecular weight is 516 g/mol. The molecule has 0 aromatic heterocycles. The smallest absolute Gasteiger partial charge is 0.314 e. The van der Waals surface area contributed by atoms with Crippen LogP contribution in [0.25, 0.3) is 0 Å². The fourth-order valence-electron chi connectivity index (χ4n) is 5.64. The van der Waals surface area contributed by atoms with Crippen molar-refractivity contribution in [2.75, 3.05) is 0 Å². The Labute approximate surface area is 232 Å². The average Bonchev–Trinajstić information content (AvgIpc) is 2.94. The van der Waals surface area contributed by atoms with E-state index in [-0.39, 0.29) is 11.9 Å². The van der Waals surface area contributed by atoms with Crippen LogP contribution in [0.15, 0.2) is 42.5 Å². The topological polar surface area (TPSA) is 50.1 Å². The van der Waals surface area contributed by atoms with Gasteiger partial charge < -0.3 is 4.74 Å². The number of hydrogen-bond acceptors (Lipinski definition) is 3. The highest BCUT2D eigenvalue weighted by molar-refractivity contribution is 5.76. The summed E-state index contributed by atoms with van der Waals surface area (Å²) in [5.74, 6) is 1.39. The fourth-order valence-corrected chi connectivity index (χ4v) is 5.64. The Morgan fingerprint density at radius 2 is 1.50 bits per heavy atom. The Kier molecular flexibility index (Phi) is 12.9. The van der Waals surface area contributed by atoms with Crippen LogP contribution in [0, 0.1) is 23.2 Å². The van der Waals surface area contributed by atoms with Gasteiger partial charge in [-0.25, -0.2) is 0 Å². The second kappa shape index (κ2) is 16.4. The molecular formula is C35H49NO2. The lowest BCUT2D eigenvalue weighted by molar-refractivity contribution is -0.140. The number of hydrogen-bond donors (Lipinski definition) is 0. The van der Waals surface area contributed by atoms with Gasteiger partial charge in [0, 0.05) is 0 Å². The predicted molar refractivity (Wildman–Crippen MR) is 157 cm³/mol. The van der Waals surface area contributed by atoms with Crippen molar-refractivity contribution < 1.29 is 9.53 Å². The van der Waals surface area contributed by atoms with E-state index in [1.165, 1.54) is 62.5 Å². The molecule has 1 saturated carbocycles. The second-order valence-electron chi connectivity index (χ2n) is 11.8. The minimum Gasteiger partial charge on any atom is -0.425 e. The quantitative estimate of drug-likeness (QED) is 0.135. The summed E-state index contributed by atoms with van der Waals surface area (Å²) in [6.07, 6.45) is 17.4. The molecule has 3 rings (SSSR count). The first-order valence-corrected chi connectivity index (χ1v) is 15.3. The highest BCUT2D eigenvalue weighted by atomic mass is 16.5. The molecule has 2 aromatic carbocycles. The van der Waals surface area contributed by atoms with Gasteiger partial charge in [0.25, 0.3) is 0 Å². The third-order valence-corrected chi connectivity index (χ3v) is 8.22. The Morgan fingerprint density at radius 1 is 0.868 bits per heavy atom. The van der Waals surface area contributed by atoms with E-state index in [2.05, 4.69) is 51.1 Å². The minimum atomic E-state index is -0.181. The van der Waals surface area contributed by atoms with E-state index in [0.717, 1.165) is 56.4 Å². The molecule has 0 amide bonds. The standard InChI is InChI=1S/C35H49NO2/c1-4-5-6-7-8-9-10-11-12-29-17-24-34(33(25-29)26-36)38-35(37)32-22-20-31(21-23-32)30-18-15-28(16-19-30)14-13-27(2)3/h15-19,24-25,27,31-32H,4-14,20-23H2,1-3H3. The van der Waals surface area contributed by atoms with Gasteiger partial charge in [0.15, 0.2) is 0 Å². The summed E-state index contributed by atoms with van der Waals surface area (Å²) in [4.78, 5) is 12.9. The number of carbonyl (C=O) groups excluding carboxylic acids is 1. The van der Waals surface area contributed by atoms with E-state index in [9.17, 15) is 10.1 Å². The first-order valence-electron chi connectivity index (χ1n) is 15.3. The zero-order valence-corrected chi connectivity index (χ0v) is 24.1. The maximum atomic E-state index is 12.9. The summed E-state index contributed by atoms with van der Waals surface area (Å²) >= 11 is 0. The van der Waals surface area contributed by atoms with Crippen LogP contribution < -0.4 is 4.74 Å². The SMILES string of the molecule is CCCCCCCCCCc1ccc(OC(=O)C2CCC(c3ccc(CCC(C)C)cc3)CC2)c(C#N)c1. The fraction of sp³-hybridized carbons (Fsp3) is 0.600. The molecule has 0 aliphatic heterocycles. The van der Waals surface area contributed by atoms with Crippen LogP contribution in [0.4, 0.5) is 0 Å². The highest BCUT2D eigenvalue weighted by Gasteiger charge is 2.29. The maximum absolute atomic E-state index is 12.9. The molecule has 0 bridgehead atoms. The predicted octanol–water partition coefficient (Wildman–Crippen LogP) is 9.71. The Bertz CT molecular complexity index is 1010. The van der Waals surface area contributed by atoms with Crippen LogP contribution in [0.3, 0.4) is 0 Å². The van der Waals surface area contributed by atoms with E-state index in [4.69, 9.17) is 4.74 Å². The van der Waals surface area contributed by atoms with Crippen LogP contribution in [0.5, 0.6) is 5.75 Å². The van der Waals surface area contributed by atoms with E-state index in [1.807, 2.05) is 18.2 Å². The molecule has 0 unspecified atom stereocenters. The normalized spacial score (nSPS) is 17.3. The molecule has 1 aliphatic rings. The molecule has 1 fully saturated rings. The molecule has 206 valence electrons. The van der Waals surface area contributed by atoms with Crippen molar-refractivity contribution in [3.05, 3.63) is 64.7 Å². The summed E-state index contributed by atoms with van der Waals surface area (Å²) < 4.78 is 5.76. The molecule has 0 spiro atoms. The van der Waals surface area contributed by atoms with Crippen molar-refractivity contribution in [1.29, 1.82) is 5.26 Å². The zero-order chi connectivity index (χ0) is 27.2. The first kappa shape index (κ1) is 29.9. The van der Waals surface area contributed by atoms with Gasteiger partial charge in [-0.3, -0.25) is 4.79 Å². The number of carbonyl (C=O) groups is 1. The number of ether oxygens (including phenoxy) is 1. The molecule has 3 nitrogen and oxygen atoms in total. The van der Waals surface area contributed by atoms with E-state index in [1.54, 1.807) is 0 Å². The number of nitriles is 1. The number of aryl methyl sites for hydroxylation is 2. The third kappa shape index (κ3) is 9.94. The van der Waals surface area contributed by atoms with Gasteiger partial charge in [0.05, 0.1) is 11.5 Å². The lowest BCUT2D eigenvalue weighted by atomic mass is 9.78. The summed E-state index contributed by atoms with van der Waals surface area (Å²) in [5, 5.41) is 9.68. The van der Waals surface area contributed by atoms with E-state index < -0.39 is 0 Å². The van der Waals surface area contributed by atoms with Crippen LogP contribution in [-0.2, 0) is 17.6 Å². The summed E-state index contributed by atoms with van der Waals surface area (Å²) in [6, 6.07) is 17.1. The minimum absolute atomic E-state index is 0.0832. The first-order chi connectivity index (χ1) is 18.5. The van der Waals surface area contributed by atoms with Gasteiger partial charge >= 0.3 is 5.97 Å². The lowest BCUT2D eigenvalue weighted by Gasteiger charge is -2.27. The molecule has 1 aliphatic carbocycles. The summed E-state index contributed by atoms with van der Waals surface area (Å²) in [5.41, 5.74) is 4.44. The lowest BCUT2D eigenvalue weighted by Crippen LogP contribution is -2.25. The van der Waals surface area contributed by atoms with Crippen molar-refractivity contribution in [2.24, 2.45) is 11.8 Å². The van der Waals surface area contributed by atoms with Crippen molar-refractivity contribution >= 4 is 5.97 Å². The Morgan fingerprint density at radius 3 is 2.13 bits per heavy atom. The summed E-state index contributed by atoms with van der Waals surface area (Å²) in [7, 11) is 0. The van der Waals surface area contributed by atoms with Gasteiger partial charge in [-0.2, -0.15) is 5.26 Å². The van der Waals surface area contributed by atoms with Crippen LogP contribution in [0.2, 0.25) is 0 Å². The van der Waals surface area contributed by atoms with Crippen LogP contribution in [0.1, 0.15) is 132 Å². The molecule has 38 heavy (non-hydrogen) atoms. The van der Waals surface area contributed by atoms with Crippen molar-refractivity contribution in [1.82, 2.24) is 0 Å². The highest BCUT2D eigenvalue weighted by Crippen LogP contribution is 2.37. The molecular weight excluding hydrogens is 466 g/mol. The molecule has 0 radical (unpaired) electrons. The van der Waals surface area contributed by atoms with Crippen molar-refractivity contribution in [2.45, 2.75) is 123 Å². The number of nitrogens with zero attached hydrogens (tertiary/aromatic N) is 1. The van der Waals surface area contributed by atoms with Gasteiger partial charge in [-0.15, -0.1) is 0 Å². The molecule has 0 atom stereocenters. The van der Waals surface area contributed by atoms with Gasteiger partial charge in [-0.05, 0) is 92.0 Å². The monoisotopic (exact) mass is 515 g/mol. The van der Waals surface area contributed by atoms with E-state index in [0.29, 0.717) is 17.2 Å². The van der Waals surface area contributed by atoms with Crippen molar-refractivity contribution in [3.8, 4) is 11.8 Å². The molecule has 0 saturated heterocycles. The molecule has 3 heteroatoms. The van der Waals surface area contributed by atoms with Gasteiger partial charge in [0.2, 0.25) is 0 Å². The summed E-state index contributed by atoms with van der Waals surface area (Å²) in [6.45, 7) is 6.79. The van der Waals surface area contributed by atoms with Crippen molar-refractivity contribution in [3.63, 3.8) is 0 Å². The molecule has 0 heterocycles. The van der Waals surface area contributed by atoms with Crippen LogP contribution in [-0.4, -0.2) is 5.97 Å². The largest absolute Gasteiger partial charge is 0.425 e. The Hall–Kier alpha value is -2.60. The molecule has 0 N–H and O–H groups in total.